The van der Waals surface area contributed by atoms with Crippen LogP contribution in [0.5, 0.6) is 0 Å². The van der Waals surface area contributed by atoms with Gasteiger partial charge in [-0.25, -0.2) is 8.78 Å². The molecule has 0 amide bonds. The van der Waals surface area contributed by atoms with E-state index in [0.717, 1.165) is 12.3 Å². The first-order valence-corrected chi connectivity index (χ1v) is 11.2. The lowest BCUT2D eigenvalue weighted by Gasteiger charge is -2.31. The average molecular weight is 521 g/mol. The van der Waals surface area contributed by atoms with Gasteiger partial charge in [0.15, 0.2) is 17.0 Å². The summed E-state index contributed by atoms with van der Waals surface area (Å²) >= 11 is 0. The maximum absolute atomic E-state index is 15.7. The third-order valence-corrected chi connectivity index (χ3v) is 6.58. The number of aromatic nitrogens is 1. The fourth-order valence-corrected chi connectivity index (χ4v) is 4.37. The number of nitrogens with one attached hydrogen (secondary N) is 1. The van der Waals surface area contributed by atoms with Gasteiger partial charge >= 0.3 is 12.1 Å². The van der Waals surface area contributed by atoms with Crippen molar-refractivity contribution < 1.29 is 40.3 Å². The Morgan fingerprint density at radius 3 is 2.14 bits per heavy atom. The number of hydrogen-bond acceptors (Lipinski definition) is 5. The monoisotopic (exact) mass is 521 g/mol. The topological polar surface area (TPSA) is 71.4 Å². The number of halogens is 7. The summed E-state index contributed by atoms with van der Waals surface area (Å²) in [4.78, 5) is 39.9. The number of rotatable bonds is 6. The molecule has 0 atom stereocenters. The van der Waals surface area contributed by atoms with E-state index in [1.807, 2.05) is 0 Å². The molecule has 0 radical (unpaired) electrons. The Kier molecular flexibility index (Phi) is 6.21. The number of ketones is 2. The van der Waals surface area contributed by atoms with E-state index in [4.69, 9.17) is 0 Å². The lowest BCUT2D eigenvalue weighted by molar-refractivity contribution is -0.271. The van der Waals surface area contributed by atoms with Crippen LogP contribution >= 0.6 is 0 Å². The predicted octanol–water partition coefficient (Wildman–Crippen LogP) is 4.00. The van der Waals surface area contributed by atoms with Crippen LogP contribution < -0.4 is 15.6 Å². The highest BCUT2D eigenvalue weighted by atomic mass is 19.4. The number of hydrogen-bond donors (Lipinski definition) is 1. The Bertz CT molecular complexity index is 1310. The van der Waals surface area contributed by atoms with Crippen molar-refractivity contribution in [3.63, 3.8) is 0 Å². The summed E-state index contributed by atoms with van der Waals surface area (Å²) in [6, 6.07) is 0.318. The summed E-state index contributed by atoms with van der Waals surface area (Å²) < 4.78 is 97.9. The van der Waals surface area contributed by atoms with Gasteiger partial charge in [-0.2, -0.15) is 22.0 Å². The van der Waals surface area contributed by atoms with Crippen LogP contribution in [0.15, 0.2) is 17.1 Å². The molecule has 1 aliphatic heterocycles. The molecule has 2 aromatic rings. The number of benzene rings is 1. The Morgan fingerprint density at radius 2 is 1.61 bits per heavy atom. The summed E-state index contributed by atoms with van der Waals surface area (Å²) in [6.45, 7) is 2.60. The van der Waals surface area contributed by atoms with Gasteiger partial charge in [-0.15, -0.1) is 0 Å². The molecule has 4 rings (SSSR count). The van der Waals surface area contributed by atoms with Gasteiger partial charge in [-0.05, 0) is 32.8 Å². The summed E-state index contributed by atoms with van der Waals surface area (Å²) in [5, 5.41) is 2.47. The van der Waals surface area contributed by atoms with Gasteiger partial charge in [-0.1, -0.05) is 0 Å². The summed E-state index contributed by atoms with van der Waals surface area (Å²) in [7, 11) is 0. The number of pyridine rings is 1. The van der Waals surface area contributed by atoms with Crippen molar-refractivity contribution in [3.05, 3.63) is 39.7 Å². The van der Waals surface area contributed by atoms with Crippen LogP contribution in [0.25, 0.3) is 10.9 Å². The molecule has 1 aromatic heterocycles. The van der Waals surface area contributed by atoms with E-state index in [1.54, 1.807) is 0 Å². The Balaban J connectivity index is 1.89. The zero-order valence-corrected chi connectivity index (χ0v) is 19.2. The first kappa shape index (κ1) is 26.1. The van der Waals surface area contributed by atoms with Crippen molar-refractivity contribution in [3.8, 4) is 0 Å². The van der Waals surface area contributed by atoms with Crippen molar-refractivity contribution in [2.24, 2.45) is 5.41 Å². The minimum absolute atomic E-state index is 0.285. The third kappa shape index (κ3) is 4.06. The van der Waals surface area contributed by atoms with Crippen LogP contribution in [0.3, 0.4) is 0 Å². The Labute approximate surface area is 200 Å². The SMILES string of the molecule is CC(C)(C(=O)c1cn(C2CC2)c2c(F)c(N3CCNCC3)c(F)cc2c1=O)C(=O)C(F)(F)C(F)(F)F. The molecule has 1 N–H and O–H groups in total. The molecule has 1 saturated heterocycles. The number of nitrogens with zero attached hydrogens (tertiary/aromatic N) is 2. The van der Waals surface area contributed by atoms with Crippen LogP contribution in [0.1, 0.15) is 43.1 Å². The first-order chi connectivity index (χ1) is 16.6. The van der Waals surface area contributed by atoms with Crippen molar-refractivity contribution >= 4 is 28.2 Å². The van der Waals surface area contributed by atoms with Crippen LogP contribution in [-0.2, 0) is 4.79 Å². The highest BCUT2D eigenvalue weighted by Crippen LogP contribution is 2.43. The van der Waals surface area contributed by atoms with Gasteiger partial charge in [-0.3, -0.25) is 14.4 Å². The molecular formula is C23H22F7N3O3. The first-order valence-electron chi connectivity index (χ1n) is 11.2. The van der Waals surface area contributed by atoms with Gasteiger partial charge < -0.3 is 14.8 Å². The van der Waals surface area contributed by atoms with Crippen molar-refractivity contribution in [2.75, 3.05) is 31.1 Å². The van der Waals surface area contributed by atoms with Crippen molar-refractivity contribution in [1.29, 1.82) is 0 Å². The molecule has 0 bridgehead atoms. The number of fused-ring (bicyclic) bond motifs is 1. The van der Waals surface area contributed by atoms with E-state index >= 15 is 8.78 Å². The zero-order chi connectivity index (χ0) is 26.8. The van der Waals surface area contributed by atoms with Crippen LogP contribution in [0.2, 0.25) is 0 Å². The molecule has 0 unspecified atom stereocenters. The van der Waals surface area contributed by atoms with Crippen molar-refractivity contribution in [2.45, 2.75) is 44.8 Å². The molecule has 6 nitrogen and oxygen atoms in total. The summed E-state index contributed by atoms with van der Waals surface area (Å²) in [5.74, 6) is -12.3. The lowest BCUT2D eigenvalue weighted by atomic mass is 9.78. The van der Waals surface area contributed by atoms with E-state index in [1.165, 1.54) is 9.47 Å². The summed E-state index contributed by atoms with van der Waals surface area (Å²) in [5.41, 5.74) is -5.81. The third-order valence-electron chi connectivity index (χ3n) is 6.58. The van der Waals surface area contributed by atoms with Gasteiger partial charge in [0, 0.05) is 38.4 Å². The molecule has 2 heterocycles. The number of carbonyl (C=O) groups excluding carboxylic acids is 2. The predicted molar refractivity (Wildman–Crippen MR) is 116 cm³/mol. The van der Waals surface area contributed by atoms with Crippen LogP contribution in [-0.4, -0.2) is 54.4 Å². The van der Waals surface area contributed by atoms with Gasteiger partial charge in [0.2, 0.25) is 5.78 Å². The average Bonchev–Trinajstić information content (AvgIpc) is 3.64. The molecule has 2 fully saturated rings. The molecule has 1 saturated carbocycles. The quantitative estimate of drug-likeness (QED) is 0.354. The van der Waals surface area contributed by atoms with Gasteiger partial charge in [0.05, 0.1) is 21.9 Å². The molecular weight excluding hydrogens is 499 g/mol. The number of alkyl halides is 5. The van der Waals surface area contributed by atoms with Gasteiger partial charge in [0.1, 0.15) is 11.5 Å². The molecule has 1 aromatic carbocycles. The fourth-order valence-electron chi connectivity index (χ4n) is 4.37. The largest absolute Gasteiger partial charge is 0.461 e. The van der Waals surface area contributed by atoms with Crippen LogP contribution in [0.4, 0.5) is 36.4 Å². The maximum atomic E-state index is 15.7. The lowest BCUT2D eigenvalue weighted by Crippen LogP contribution is -2.53. The fraction of sp³-hybridized carbons (Fsp3) is 0.522. The van der Waals surface area contributed by atoms with Crippen molar-refractivity contribution in [1.82, 2.24) is 9.88 Å². The second kappa shape index (κ2) is 8.56. The second-order valence-corrected chi connectivity index (χ2v) is 9.52. The van der Waals surface area contributed by atoms with E-state index in [9.17, 15) is 36.3 Å². The molecule has 1 aliphatic carbocycles. The molecule has 0 spiro atoms. The van der Waals surface area contributed by atoms with E-state index < -0.39 is 63.1 Å². The normalized spacial score (nSPS) is 17.5. The second-order valence-electron chi connectivity index (χ2n) is 9.52. The Morgan fingerprint density at radius 1 is 1.03 bits per heavy atom. The number of anilines is 1. The van der Waals surface area contributed by atoms with E-state index in [0.29, 0.717) is 39.8 Å². The summed E-state index contributed by atoms with van der Waals surface area (Å²) in [6.07, 6.45) is -4.39. The minimum atomic E-state index is -6.26. The maximum Gasteiger partial charge on any atom is 0.461 e. The molecule has 36 heavy (non-hydrogen) atoms. The number of piperazine rings is 1. The standard InChI is InChI=1S/C23H22F7N3O3/c1-21(2,20(36)22(26,27)23(28,29)30)19(35)13-10-33(11-3-4-11)16-12(18(13)34)9-14(24)17(15(16)25)32-7-5-31-6-8-32/h9-11,31H,3-8H2,1-2H3. The minimum Gasteiger partial charge on any atom is -0.364 e. The van der Waals surface area contributed by atoms with Gasteiger partial charge in [0.25, 0.3) is 0 Å². The number of carbonyl (C=O) groups is 2. The highest BCUT2D eigenvalue weighted by molar-refractivity contribution is 6.16. The molecule has 13 heteroatoms. The van der Waals surface area contributed by atoms with Crippen LogP contribution in [0, 0.1) is 17.0 Å². The number of Topliss-reactive ketones (excluding diaryl/α,β-unsaturated/α-hetero) is 2. The molecule has 196 valence electrons. The Hall–Kier alpha value is -2.96. The smallest absolute Gasteiger partial charge is 0.364 e. The van der Waals surface area contributed by atoms with E-state index in [2.05, 4.69) is 5.32 Å². The van der Waals surface area contributed by atoms with E-state index in [-0.39, 0.29) is 24.3 Å². The molecule has 2 aliphatic rings. The highest BCUT2D eigenvalue weighted by Gasteiger charge is 2.67. The zero-order valence-electron chi connectivity index (χ0n) is 19.2.